The summed E-state index contributed by atoms with van der Waals surface area (Å²) in [5.74, 6) is 2.62. The number of benzene rings is 1. The van der Waals surface area contributed by atoms with Crippen LogP contribution in [0, 0.1) is 5.92 Å². The maximum absolute atomic E-state index is 5.19. The van der Waals surface area contributed by atoms with E-state index in [1.165, 1.54) is 12.8 Å². The van der Waals surface area contributed by atoms with E-state index >= 15 is 0 Å². The standard InChI is InChI=1S/C19H27N5O/c1-15-8-11-23(12-9-15)19(20-2)21-14-16-10-13-24(22-16)17-4-6-18(25-3)7-5-17/h4-7,10,13,15H,8-9,11-12,14H2,1-3H3,(H,20,21). The molecule has 2 aromatic rings. The Morgan fingerprint density at radius 2 is 1.96 bits per heavy atom. The zero-order valence-electron chi connectivity index (χ0n) is 15.3. The van der Waals surface area contributed by atoms with Gasteiger partial charge in [-0.05, 0) is 49.1 Å². The lowest BCUT2D eigenvalue weighted by atomic mass is 10.00. The van der Waals surface area contributed by atoms with Crippen molar-refractivity contribution in [3.05, 3.63) is 42.2 Å². The van der Waals surface area contributed by atoms with Crippen LogP contribution in [0.4, 0.5) is 0 Å². The van der Waals surface area contributed by atoms with Crippen molar-refractivity contribution in [2.24, 2.45) is 10.9 Å². The highest BCUT2D eigenvalue weighted by atomic mass is 16.5. The molecule has 25 heavy (non-hydrogen) atoms. The molecule has 1 aromatic carbocycles. The molecule has 0 amide bonds. The van der Waals surface area contributed by atoms with Gasteiger partial charge in [0.05, 0.1) is 25.0 Å². The van der Waals surface area contributed by atoms with Gasteiger partial charge in [-0.15, -0.1) is 0 Å². The van der Waals surface area contributed by atoms with Crippen LogP contribution in [0.1, 0.15) is 25.5 Å². The molecule has 0 aliphatic carbocycles. The number of ether oxygens (including phenoxy) is 1. The van der Waals surface area contributed by atoms with Gasteiger partial charge >= 0.3 is 0 Å². The Morgan fingerprint density at radius 1 is 1.24 bits per heavy atom. The Morgan fingerprint density at radius 3 is 2.60 bits per heavy atom. The van der Waals surface area contributed by atoms with Crippen LogP contribution in [0.15, 0.2) is 41.5 Å². The maximum atomic E-state index is 5.19. The predicted molar refractivity (Wildman–Crippen MR) is 100 cm³/mol. The molecule has 2 heterocycles. The molecule has 0 radical (unpaired) electrons. The van der Waals surface area contributed by atoms with Crippen molar-refractivity contribution in [1.82, 2.24) is 20.0 Å². The van der Waals surface area contributed by atoms with E-state index < -0.39 is 0 Å². The molecule has 0 saturated carbocycles. The number of likely N-dealkylation sites (tertiary alicyclic amines) is 1. The number of guanidine groups is 1. The Bertz CT molecular complexity index is 699. The van der Waals surface area contributed by atoms with Crippen LogP contribution in [-0.2, 0) is 6.54 Å². The first-order chi connectivity index (χ1) is 12.2. The first-order valence-corrected chi connectivity index (χ1v) is 8.84. The van der Waals surface area contributed by atoms with Crippen LogP contribution >= 0.6 is 0 Å². The molecule has 1 fully saturated rings. The lowest BCUT2D eigenvalue weighted by molar-refractivity contribution is 0.273. The fourth-order valence-electron chi connectivity index (χ4n) is 3.06. The van der Waals surface area contributed by atoms with Gasteiger partial charge in [0.1, 0.15) is 5.75 Å². The van der Waals surface area contributed by atoms with E-state index in [0.717, 1.165) is 42.1 Å². The fraction of sp³-hybridized carbons (Fsp3) is 0.474. The third-order valence-electron chi connectivity index (χ3n) is 4.70. The van der Waals surface area contributed by atoms with E-state index in [0.29, 0.717) is 6.54 Å². The number of nitrogens with zero attached hydrogens (tertiary/aromatic N) is 4. The number of nitrogens with one attached hydrogen (secondary N) is 1. The zero-order valence-corrected chi connectivity index (χ0v) is 15.3. The SMILES string of the molecule is CN=C(NCc1ccn(-c2ccc(OC)cc2)n1)N1CCC(C)CC1. The molecule has 1 aromatic heterocycles. The van der Waals surface area contributed by atoms with Gasteiger partial charge in [-0.2, -0.15) is 5.10 Å². The van der Waals surface area contributed by atoms with Crippen LogP contribution in [0.3, 0.4) is 0 Å². The third kappa shape index (κ3) is 4.32. The molecule has 6 nitrogen and oxygen atoms in total. The summed E-state index contributed by atoms with van der Waals surface area (Å²) >= 11 is 0. The normalized spacial score (nSPS) is 16.1. The molecule has 0 unspecified atom stereocenters. The van der Waals surface area contributed by atoms with Crippen molar-refractivity contribution in [1.29, 1.82) is 0 Å². The van der Waals surface area contributed by atoms with Gasteiger partial charge < -0.3 is 15.0 Å². The van der Waals surface area contributed by atoms with Crippen molar-refractivity contribution < 1.29 is 4.74 Å². The lowest BCUT2D eigenvalue weighted by Crippen LogP contribution is -2.45. The minimum absolute atomic E-state index is 0.669. The number of hydrogen-bond acceptors (Lipinski definition) is 3. The quantitative estimate of drug-likeness (QED) is 0.686. The average Bonchev–Trinajstić information content (AvgIpc) is 3.12. The molecule has 0 bridgehead atoms. The summed E-state index contributed by atoms with van der Waals surface area (Å²) in [4.78, 5) is 6.75. The molecule has 1 saturated heterocycles. The van der Waals surface area contributed by atoms with Gasteiger partial charge in [0, 0.05) is 26.3 Å². The number of aromatic nitrogens is 2. The van der Waals surface area contributed by atoms with Crippen molar-refractivity contribution in [2.45, 2.75) is 26.3 Å². The van der Waals surface area contributed by atoms with E-state index in [4.69, 9.17) is 4.74 Å². The monoisotopic (exact) mass is 341 g/mol. The highest BCUT2D eigenvalue weighted by Gasteiger charge is 2.18. The summed E-state index contributed by atoms with van der Waals surface area (Å²) in [5, 5.41) is 8.07. The first kappa shape index (κ1) is 17.3. The highest BCUT2D eigenvalue weighted by molar-refractivity contribution is 5.79. The summed E-state index contributed by atoms with van der Waals surface area (Å²) in [7, 11) is 3.51. The predicted octanol–water partition coefficient (Wildman–Crippen LogP) is 2.69. The second kappa shape index (κ2) is 8.05. The molecule has 3 rings (SSSR count). The molecule has 1 aliphatic rings. The summed E-state index contributed by atoms with van der Waals surface area (Å²) in [6, 6.07) is 9.90. The van der Waals surface area contributed by atoms with Crippen molar-refractivity contribution >= 4 is 5.96 Å². The highest BCUT2D eigenvalue weighted by Crippen LogP contribution is 2.16. The molecule has 6 heteroatoms. The minimum Gasteiger partial charge on any atom is -0.497 e. The molecular formula is C19H27N5O. The van der Waals surface area contributed by atoms with Crippen LogP contribution in [0.25, 0.3) is 5.69 Å². The van der Waals surface area contributed by atoms with Gasteiger partial charge in [0.25, 0.3) is 0 Å². The first-order valence-electron chi connectivity index (χ1n) is 8.84. The third-order valence-corrected chi connectivity index (χ3v) is 4.70. The average molecular weight is 341 g/mol. The van der Waals surface area contributed by atoms with Gasteiger partial charge in [0.2, 0.25) is 0 Å². The zero-order chi connectivity index (χ0) is 17.6. The molecule has 0 spiro atoms. The van der Waals surface area contributed by atoms with Crippen molar-refractivity contribution in [2.75, 3.05) is 27.2 Å². The van der Waals surface area contributed by atoms with E-state index in [1.54, 1.807) is 7.11 Å². The van der Waals surface area contributed by atoms with E-state index in [9.17, 15) is 0 Å². The van der Waals surface area contributed by atoms with Gasteiger partial charge in [-0.1, -0.05) is 6.92 Å². The second-order valence-electron chi connectivity index (χ2n) is 6.52. The number of piperidine rings is 1. The lowest BCUT2D eigenvalue weighted by Gasteiger charge is -2.32. The fourth-order valence-corrected chi connectivity index (χ4v) is 3.06. The maximum Gasteiger partial charge on any atom is 0.193 e. The van der Waals surface area contributed by atoms with Crippen LogP contribution < -0.4 is 10.1 Å². The Kier molecular flexibility index (Phi) is 5.58. The molecule has 1 aliphatic heterocycles. The van der Waals surface area contributed by atoms with E-state index in [1.807, 2.05) is 48.3 Å². The topological polar surface area (TPSA) is 54.7 Å². The van der Waals surface area contributed by atoms with Crippen LogP contribution in [0.2, 0.25) is 0 Å². The largest absolute Gasteiger partial charge is 0.497 e. The Labute approximate surface area is 149 Å². The van der Waals surface area contributed by atoms with Crippen molar-refractivity contribution in [3.63, 3.8) is 0 Å². The van der Waals surface area contributed by atoms with Gasteiger partial charge in [0.15, 0.2) is 5.96 Å². The minimum atomic E-state index is 0.669. The van der Waals surface area contributed by atoms with Crippen molar-refractivity contribution in [3.8, 4) is 11.4 Å². The van der Waals surface area contributed by atoms with E-state index in [-0.39, 0.29) is 0 Å². The molecule has 134 valence electrons. The summed E-state index contributed by atoms with van der Waals surface area (Å²) < 4.78 is 7.07. The molecular weight excluding hydrogens is 314 g/mol. The molecule has 0 atom stereocenters. The van der Waals surface area contributed by atoms with Crippen LogP contribution in [0.5, 0.6) is 5.75 Å². The van der Waals surface area contributed by atoms with Gasteiger partial charge in [-0.3, -0.25) is 4.99 Å². The van der Waals surface area contributed by atoms with E-state index in [2.05, 4.69) is 27.2 Å². The second-order valence-corrected chi connectivity index (χ2v) is 6.52. The molecule has 1 N–H and O–H groups in total. The summed E-state index contributed by atoms with van der Waals surface area (Å²) in [6.07, 6.45) is 4.43. The number of aliphatic imine (C=N–C) groups is 1. The number of hydrogen-bond donors (Lipinski definition) is 1. The summed E-state index contributed by atoms with van der Waals surface area (Å²) in [6.45, 7) is 5.13. The number of rotatable bonds is 4. The smallest absolute Gasteiger partial charge is 0.193 e. The van der Waals surface area contributed by atoms with Gasteiger partial charge in [-0.25, -0.2) is 4.68 Å². The summed E-state index contributed by atoms with van der Waals surface area (Å²) in [5.41, 5.74) is 2.00. The number of methoxy groups -OCH3 is 1. The Balaban J connectivity index is 1.59. The Hall–Kier alpha value is -2.50. The van der Waals surface area contributed by atoms with Crippen LogP contribution in [-0.4, -0.2) is 47.9 Å².